The van der Waals surface area contributed by atoms with Crippen molar-refractivity contribution in [2.45, 2.75) is 44.0 Å². The Kier molecular flexibility index (Phi) is 7.34. The Morgan fingerprint density at radius 2 is 1.83 bits per heavy atom. The minimum absolute atomic E-state index is 0.0394. The number of hydrogen-bond acceptors (Lipinski definition) is 4. The van der Waals surface area contributed by atoms with Crippen LogP contribution in [0.25, 0.3) is 27.1 Å². The average Bonchev–Trinajstić information content (AvgIpc) is 2.95. The normalized spacial score (nSPS) is 20.2. The number of anilines is 1. The number of ether oxygens (including phenoxy) is 1. The van der Waals surface area contributed by atoms with E-state index in [1.54, 1.807) is 17.6 Å². The van der Waals surface area contributed by atoms with E-state index < -0.39 is 22.7 Å². The summed E-state index contributed by atoms with van der Waals surface area (Å²) in [5, 5.41) is 20.8. The predicted octanol–water partition coefficient (Wildman–Crippen LogP) is 8.93. The van der Waals surface area contributed by atoms with Crippen LogP contribution in [0.5, 0.6) is 0 Å². The molecule has 2 unspecified atom stereocenters. The van der Waals surface area contributed by atoms with Gasteiger partial charge < -0.3 is 9.84 Å². The molecule has 1 aliphatic heterocycles. The molecule has 0 spiro atoms. The van der Waals surface area contributed by atoms with E-state index in [-0.39, 0.29) is 35.3 Å². The fourth-order valence-electron chi connectivity index (χ4n) is 6.02. The molecule has 4 aromatic rings. The predicted molar refractivity (Wildman–Crippen MR) is 163 cm³/mol. The van der Waals surface area contributed by atoms with E-state index in [1.165, 1.54) is 17.3 Å². The summed E-state index contributed by atoms with van der Waals surface area (Å²) in [5.74, 6) is -1.82. The Hall–Kier alpha value is -3.68. The number of carbonyl (C=O) groups is 1. The minimum Gasteiger partial charge on any atom is -0.449 e. The number of amides is 1. The summed E-state index contributed by atoms with van der Waals surface area (Å²) >= 11 is 1.26. The summed E-state index contributed by atoms with van der Waals surface area (Å²) in [6, 6.07) is 19.0. The van der Waals surface area contributed by atoms with Gasteiger partial charge in [-0.3, -0.25) is 5.32 Å². The van der Waals surface area contributed by atoms with Gasteiger partial charge in [0.05, 0.1) is 12.2 Å². The first-order valence-electron chi connectivity index (χ1n) is 13.9. The second-order valence-corrected chi connectivity index (χ2v) is 12.3. The van der Waals surface area contributed by atoms with Gasteiger partial charge in [0.2, 0.25) is 0 Å². The van der Waals surface area contributed by atoms with Crippen LogP contribution in [0.1, 0.15) is 49.3 Å². The first-order valence-corrected chi connectivity index (χ1v) is 14.8. The van der Waals surface area contributed by atoms with Crippen LogP contribution in [-0.2, 0) is 11.2 Å². The monoisotopic (exact) mass is 571 g/mol. The average molecular weight is 572 g/mol. The zero-order valence-electron chi connectivity index (χ0n) is 22.9. The van der Waals surface area contributed by atoms with Crippen molar-refractivity contribution in [1.29, 1.82) is 0 Å². The van der Waals surface area contributed by atoms with Gasteiger partial charge in [-0.2, -0.15) is 0 Å². The van der Waals surface area contributed by atoms with Crippen molar-refractivity contribution in [2.75, 3.05) is 11.9 Å². The molecule has 6 rings (SSSR count). The second-order valence-electron chi connectivity index (χ2n) is 11.2. The Bertz CT molecular complexity index is 1710. The maximum absolute atomic E-state index is 15.4. The van der Waals surface area contributed by atoms with Crippen molar-refractivity contribution < 1.29 is 23.4 Å². The molecule has 1 heterocycles. The standard InChI is InChI=1S/C34H31F2NO3S/c1-20(2)19-40-33(38)37-24-16-29(35)32(30(36)17-24)23-14-15-41-34(39,18-23)28-9-5-7-22-11-12-26-25-8-4-3-6-21(25)10-13-27(26)31(22)28/h3-4,6,8,10-18,20,28,39H,5,7,9,19H2,1-2H3,(H,37,38). The van der Waals surface area contributed by atoms with E-state index in [1.807, 2.05) is 26.0 Å². The maximum atomic E-state index is 15.4. The molecule has 1 amide bonds. The highest BCUT2D eigenvalue weighted by atomic mass is 32.2. The first kappa shape index (κ1) is 27.5. The molecule has 1 aliphatic carbocycles. The Morgan fingerprint density at radius 1 is 1.07 bits per heavy atom. The fourth-order valence-corrected chi connectivity index (χ4v) is 7.05. The molecule has 0 radical (unpaired) electrons. The van der Waals surface area contributed by atoms with Gasteiger partial charge in [-0.1, -0.05) is 74.1 Å². The van der Waals surface area contributed by atoms with Gasteiger partial charge in [0, 0.05) is 11.6 Å². The number of fused-ring (bicyclic) bond motifs is 5. The van der Waals surface area contributed by atoms with Crippen molar-refractivity contribution in [3.8, 4) is 0 Å². The third-order valence-electron chi connectivity index (χ3n) is 7.84. The maximum Gasteiger partial charge on any atom is 0.411 e. The van der Waals surface area contributed by atoms with Gasteiger partial charge in [-0.15, -0.1) is 0 Å². The van der Waals surface area contributed by atoms with Crippen LogP contribution in [0.3, 0.4) is 0 Å². The number of carbonyl (C=O) groups excluding carboxylic acids is 1. The number of hydrogen-bond donors (Lipinski definition) is 2. The van der Waals surface area contributed by atoms with Gasteiger partial charge in [-0.25, -0.2) is 13.6 Å². The molecule has 2 aliphatic rings. The van der Waals surface area contributed by atoms with E-state index in [0.717, 1.165) is 58.5 Å². The van der Waals surface area contributed by atoms with E-state index in [2.05, 4.69) is 41.7 Å². The van der Waals surface area contributed by atoms with Gasteiger partial charge in [0.15, 0.2) is 0 Å². The molecule has 4 nitrogen and oxygen atoms in total. The number of aliphatic hydroxyl groups is 1. The van der Waals surface area contributed by atoms with Crippen LogP contribution in [0, 0.1) is 17.6 Å². The highest BCUT2D eigenvalue weighted by Gasteiger charge is 2.41. The first-order chi connectivity index (χ1) is 19.7. The summed E-state index contributed by atoms with van der Waals surface area (Å²) in [5.41, 5.74) is 2.26. The summed E-state index contributed by atoms with van der Waals surface area (Å²) in [4.78, 5) is 10.6. The van der Waals surface area contributed by atoms with Crippen molar-refractivity contribution in [2.24, 2.45) is 5.92 Å². The van der Waals surface area contributed by atoms with Gasteiger partial charge in [0.25, 0.3) is 0 Å². The summed E-state index contributed by atoms with van der Waals surface area (Å²) in [6.07, 6.45) is 4.99. The molecule has 0 saturated carbocycles. The molecular weight excluding hydrogens is 540 g/mol. The zero-order valence-corrected chi connectivity index (χ0v) is 23.7. The zero-order chi connectivity index (χ0) is 28.7. The number of benzene rings is 4. The van der Waals surface area contributed by atoms with Crippen LogP contribution >= 0.6 is 11.8 Å². The van der Waals surface area contributed by atoms with Crippen LogP contribution < -0.4 is 5.32 Å². The molecule has 0 saturated heterocycles. The van der Waals surface area contributed by atoms with E-state index >= 15 is 8.78 Å². The number of allylic oxidation sites excluding steroid dienone is 2. The van der Waals surface area contributed by atoms with Crippen LogP contribution in [-0.4, -0.2) is 22.7 Å². The molecule has 4 aromatic carbocycles. The number of thioether (sulfide) groups is 1. The third kappa shape index (κ3) is 5.24. The second kappa shape index (κ2) is 11.0. The number of rotatable bonds is 5. The van der Waals surface area contributed by atoms with Crippen molar-refractivity contribution in [3.63, 3.8) is 0 Å². The molecular formula is C34H31F2NO3S. The fraction of sp³-hybridized carbons (Fsp3) is 0.265. The molecule has 0 aromatic heterocycles. The number of nitrogens with one attached hydrogen (secondary N) is 1. The topological polar surface area (TPSA) is 58.6 Å². The summed E-state index contributed by atoms with van der Waals surface area (Å²) < 4.78 is 35.8. The number of aryl methyl sites for hydroxylation is 1. The SMILES string of the molecule is CC(C)COC(=O)Nc1cc(F)c(C2=CC(O)(C3CCCc4ccc5c(ccc6ccccc65)c43)SC=C2)c(F)c1. The third-order valence-corrected chi connectivity index (χ3v) is 8.89. The van der Waals surface area contributed by atoms with Crippen LogP contribution in [0.2, 0.25) is 0 Å². The molecule has 2 atom stereocenters. The Labute approximate surface area is 242 Å². The smallest absolute Gasteiger partial charge is 0.411 e. The lowest BCUT2D eigenvalue weighted by molar-refractivity contribution is 0.147. The molecule has 41 heavy (non-hydrogen) atoms. The van der Waals surface area contributed by atoms with E-state index in [9.17, 15) is 9.90 Å². The van der Waals surface area contributed by atoms with E-state index in [4.69, 9.17) is 4.74 Å². The highest BCUT2D eigenvalue weighted by molar-refractivity contribution is 8.03. The van der Waals surface area contributed by atoms with Crippen LogP contribution in [0.4, 0.5) is 19.3 Å². The highest BCUT2D eigenvalue weighted by Crippen LogP contribution is 2.51. The summed E-state index contributed by atoms with van der Waals surface area (Å²) in [7, 11) is 0. The lowest BCUT2D eigenvalue weighted by atomic mass is 9.76. The summed E-state index contributed by atoms with van der Waals surface area (Å²) in [6.45, 7) is 3.98. The van der Waals surface area contributed by atoms with Crippen molar-refractivity contribution in [3.05, 3.63) is 107 Å². The quantitative estimate of drug-likeness (QED) is 0.235. The van der Waals surface area contributed by atoms with Crippen molar-refractivity contribution in [1.82, 2.24) is 0 Å². The molecule has 7 heteroatoms. The van der Waals surface area contributed by atoms with Crippen LogP contribution in [0.15, 0.2) is 78.2 Å². The van der Waals surface area contributed by atoms with Gasteiger partial charge >= 0.3 is 6.09 Å². The molecule has 2 N–H and O–H groups in total. The Balaban J connectivity index is 1.37. The molecule has 0 bridgehead atoms. The van der Waals surface area contributed by atoms with E-state index in [0.29, 0.717) is 0 Å². The molecule has 0 fully saturated rings. The van der Waals surface area contributed by atoms with Gasteiger partial charge in [0.1, 0.15) is 16.6 Å². The number of halogens is 2. The largest absolute Gasteiger partial charge is 0.449 e. The van der Waals surface area contributed by atoms with Crippen molar-refractivity contribution >= 4 is 50.7 Å². The van der Waals surface area contributed by atoms with Gasteiger partial charge in [-0.05, 0) is 93.1 Å². The minimum atomic E-state index is -1.41. The molecule has 210 valence electrons. The lowest BCUT2D eigenvalue weighted by Gasteiger charge is -2.39. The lowest BCUT2D eigenvalue weighted by Crippen LogP contribution is -2.34. The Morgan fingerprint density at radius 3 is 2.61 bits per heavy atom.